The molecule has 4 rings (SSSR count). The third-order valence-electron chi connectivity index (χ3n) is 5.36. The van der Waals surface area contributed by atoms with Crippen molar-refractivity contribution in [1.29, 1.82) is 0 Å². The molecule has 1 saturated heterocycles. The lowest BCUT2D eigenvalue weighted by atomic mass is 9.96. The van der Waals surface area contributed by atoms with Crippen LogP contribution in [0.15, 0.2) is 58.3 Å². The molecule has 2 N–H and O–H groups in total. The molecule has 1 spiro atoms. The zero-order valence-corrected chi connectivity index (χ0v) is 17.2. The number of benzene rings is 2. The fraction of sp³-hybridized carbons (Fsp3) is 0.368. The average molecular weight is 422 g/mol. The molecule has 0 aromatic heterocycles. The van der Waals surface area contributed by atoms with Crippen molar-refractivity contribution in [2.45, 2.75) is 34.8 Å². The van der Waals surface area contributed by atoms with Crippen molar-refractivity contribution in [1.82, 2.24) is 9.62 Å². The predicted octanol–water partition coefficient (Wildman–Crippen LogP) is 1.79. The summed E-state index contributed by atoms with van der Waals surface area (Å²) in [6.07, 6.45) is 2.39. The Morgan fingerprint density at radius 3 is 2.39 bits per heavy atom. The molecule has 2 aromatic carbocycles. The Hall–Kier alpha value is -1.94. The average Bonchev–Trinajstić information content (AvgIpc) is 2.63. The molecule has 2 aromatic rings. The van der Waals surface area contributed by atoms with Gasteiger partial charge >= 0.3 is 0 Å². The first-order valence-corrected chi connectivity index (χ1v) is 12.5. The summed E-state index contributed by atoms with van der Waals surface area (Å²) in [5, 5.41) is 3.38. The summed E-state index contributed by atoms with van der Waals surface area (Å²) in [6.45, 7) is 1.81. The van der Waals surface area contributed by atoms with E-state index in [-0.39, 0.29) is 4.90 Å². The number of rotatable bonds is 3. The van der Waals surface area contributed by atoms with E-state index in [1.807, 2.05) is 18.2 Å². The third-order valence-corrected chi connectivity index (χ3v) is 8.15. The maximum Gasteiger partial charge on any atom is 0.244 e. The molecular weight excluding hydrogens is 398 g/mol. The lowest BCUT2D eigenvalue weighted by molar-refractivity contribution is 0.158. The number of likely N-dealkylation sites (tertiary alicyclic amines) is 1. The molecule has 2 aliphatic heterocycles. The van der Waals surface area contributed by atoms with Gasteiger partial charge in [-0.2, -0.15) is 4.72 Å². The van der Waals surface area contributed by atoms with Crippen LogP contribution in [-0.2, 0) is 26.4 Å². The van der Waals surface area contributed by atoms with Crippen LogP contribution in [0.1, 0.15) is 18.4 Å². The standard InChI is InChI=1S/C19H23N3O4S2/c1-27(23,24)17-8-4-2-6-15(17)14-22-12-10-19(11-13-22)20-16-7-3-5-9-18(16)28(25,26)21-19/h2-9,20-21H,10-14H2,1H3. The van der Waals surface area contributed by atoms with Crippen molar-refractivity contribution in [3.05, 3.63) is 54.1 Å². The monoisotopic (exact) mass is 421 g/mol. The van der Waals surface area contributed by atoms with Crippen LogP contribution in [0.2, 0.25) is 0 Å². The molecule has 0 saturated carbocycles. The van der Waals surface area contributed by atoms with Gasteiger partial charge in [0.1, 0.15) is 10.6 Å². The number of para-hydroxylation sites is 1. The number of nitrogens with one attached hydrogen (secondary N) is 2. The zero-order chi connectivity index (χ0) is 20.0. The van der Waals surface area contributed by atoms with Crippen LogP contribution >= 0.6 is 0 Å². The molecule has 7 nitrogen and oxygen atoms in total. The van der Waals surface area contributed by atoms with E-state index in [1.54, 1.807) is 30.3 Å². The maximum absolute atomic E-state index is 12.6. The Kier molecular flexibility index (Phi) is 4.73. The van der Waals surface area contributed by atoms with Crippen LogP contribution in [0, 0.1) is 0 Å². The summed E-state index contributed by atoms with van der Waals surface area (Å²) < 4.78 is 52.1. The van der Waals surface area contributed by atoms with Gasteiger partial charge in [-0.25, -0.2) is 16.8 Å². The SMILES string of the molecule is CS(=O)(=O)c1ccccc1CN1CCC2(CC1)Nc1ccccc1S(=O)(=O)N2. The minimum absolute atomic E-state index is 0.269. The Labute approximate surface area is 165 Å². The van der Waals surface area contributed by atoms with Gasteiger partial charge in [-0.3, -0.25) is 4.90 Å². The molecular formula is C19H23N3O4S2. The molecule has 2 aliphatic rings. The molecule has 0 atom stereocenters. The highest BCUT2D eigenvalue weighted by Crippen LogP contribution is 2.35. The fourth-order valence-corrected chi connectivity index (χ4v) is 6.44. The van der Waals surface area contributed by atoms with Crippen LogP contribution in [0.5, 0.6) is 0 Å². The molecule has 0 unspecified atom stereocenters. The summed E-state index contributed by atoms with van der Waals surface area (Å²) in [7, 11) is -6.85. The van der Waals surface area contributed by atoms with Crippen molar-refractivity contribution in [2.24, 2.45) is 0 Å². The Morgan fingerprint density at radius 1 is 1.04 bits per heavy atom. The van der Waals surface area contributed by atoms with Crippen molar-refractivity contribution >= 4 is 25.5 Å². The number of hydrogen-bond donors (Lipinski definition) is 2. The van der Waals surface area contributed by atoms with Crippen LogP contribution in [0.25, 0.3) is 0 Å². The number of sulfone groups is 1. The molecule has 0 aliphatic carbocycles. The van der Waals surface area contributed by atoms with Gasteiger partial charge in [-0.15, -0.1) is 0 Å². The van der Waals surface area contributed by atoms with E-state index >= 15 is 0 Å². The molecule has 2 heterocycles. The van der Waals surface area contributed by atoms with Crippen molar-refractivity contribution in [2.75, 3.05) is 24.7 Å². The summed E-state index contributed by atoms with van der Waals surface area (Å²) in [6, 6.07) is 13.9. The largest absolute Gasteiger partial charge is 0.365 e. The Morgan fingerprint density at radius 2 is 1.68 bits per heavy atom. The lowest BCUT2D eigenvalue weighted by Gasteiger charge is -2.45. The molecule has 150 valence electrons. The number of nitrogens with zero attached hydrogens (tertiary/aromatic N) is 1. The summed E-state index contributed by atoms with van der Waals surface area (Å²) in [5.41, 5.74) is 0.681. The van der Waals surface area contributed by atoms with Gasteiger partial charge in [0, 0.05) is 25.9 Å². The van der Waals surface area contributed by atoms with Crippen molar-refractivity contribution < 1.29 is 16.8 Å². The summed E-state index contributed by atoms with van der Waals surface area (Å²) >= 11 is 0. The van der Waals surface area contributed by atoms with Gasteiger partial charge in [0.25, 0.3) is 0 Å². The topological polar surface area (TPSA) is 95.6 Å². The van der Waals surface area contributed by atoms with Gasteiger partial charge in [0.15, 0.2) is 9.84 Å². The Bertz CT molecular complexity index is 1110. The molecule has 1 fully saturated rings. The number of hydrogen-bond acceptors (Lipinski definition) is 6. The van der Waals surface area contributed by atoms with Crippen LogP contribution in [-0.4, -0.2) is 46.7 Å². The predicted molar refractivity (Wildman–Crippen MR) is 107 cm³/mol. The quantitative estimate of drug-likeness (QED) is 0.785. The van der Waals surface area contributed by atoms with E-state index < -0.39 is 25.5 Å². The smallest absolute Gasteiger partial charge is 0.244 e. The normalized spacial score (nSPS) is 21.0. The van der Waals surface area contributed by atoms with Crippen LogP contribution < -0.4 is 10.0 Å². The lowest BCUT2D eigenvalue weighted by Crippen LogP contribution is -2.61. The van der Waals surface area contributed by atoms with Gasteiger partial charge in [-0.05, 0) is 36.6 Å². The van der Waals surface area contributed by atoms with Gasteiger partial charge in [0.05, 0.1) is 10.6 Å². The maximum atomic E-state index is 12.6. The van der Waals surface area contributed by atoms with Gasteiger partial charge in [-0.1, -0.05) is 30.3 Å². The Balaban J connectivity index is 1.51. The first kappa shape index (κ1) is 19.4. The number of anilines is 1. The van der Waals surface area contributed by atoms with E-state index in [0.717, 1.165) is 5.56 Å². The highest BCUT2D eigenvalue weighted by Gasteiger charge is 2.43. The minimum atomic E-state index is -3.56. The minimum Gasteiger partial charge on any atom is -0.365 e. The van der Waals surface area contributed by atoms with Crippen LogP contribution in [0.4, 0.5) is 5.69 Å². The van der Waals surface area contributed by atoms with Crippen molar-refractivity contribution in [3.8, 4) is 0 Å². The van der Waals surface area contributed by atoms with E-state index in [4.69, 9.17) is 0 Å². The van der Waals surface area contributed by atoms with E-state index in [9.17, 15) is 16.8 Å². The second-order valence-electron chi connectivity index (χ2n) is 7.46. The van der Waals surface area contributed by atoms with Gasteiger partial charge < -0.3 is 5.32 Å². The second-order valence-corrected chi connectivity index (χ2v) is 11.1. The number of sulfonamides is 1. The van der Waals surface area contributed by atoms with Crippen molar-refractivity contribution in [3.63, 3.8) is 0 Å². The molecule has 0 bridgehead atoms. The first-order valence-electron chi connectivity index (χ1n) is 9.10. The highest BCUT2D eigenvalue weighted by atomic mass is 32.2. The highest BCUT2D eigenvalue weighted by molar-refractivity contribution is 7.90. The zero-order valence-electron chi connectivity index (χ0n) is 15.6. The molecule has 0 radical (unpaired) electrons. The number of piperidine rings is 1. The first-order chi connectivity index (χ1) is 13.2. The summed E-state index contributed by atoms with van der Waals surface area (Å²) in [5.74, 6) is 0. The van der Waals surface area contributed by atoms with E-state index in [1.165, 1.54) is 6.26 Å². The number of fused-ring (bicyclic) bond motifs is 1. The molecule has 28 heavy (non-hydrogen) atoms. The van der Waals surface area contributed by atoms with Gasteiger partial charge in [0.2, 0.25) is 10.0 Å². The van der Waals surface area contributed by atoms with E-state index in [2.05, 4.69) is 14.9 Å². The van der Waals surface area contributed by atoms with E-state index in [0.29, 0.717) is 43.1 Å². The molecule has 9 heteroatoms. The molecule has 0 amide bonds. The summed E-state index contributed by atoms with van der Waals surface area (Å²) in [4.78, 5) is 2.78. The van der Waals surface area contributed by atoms with Crippen LogP contribution in [0.3, 0.4) is 0 Å². The fourth-order valence-electron chi connectivity index (χ4n) is 3.96. The third kappa shape index (κ3) is 3.67. The second kappa shape index (κ2) is 6.84.